The fraction of sp³-hybridized carbons (Fsp3) is 0.909. The van der Waals surface area contributed by atoms with Gasteiger partial charge in [0.15, 0.2) is 0 Å². The highest BCUT2D eigenvalue weighted by Crippen LogP contribution is 2.48. The van der Waals surface area contributed by atoms with E-state index in [-0.39, 0.29) is 18.0 Å². The van der Waals surface area contributed by atoms with Gasteiger partial charge in [-0.2, -0.15) is 15.0 Å². The number of piperazine rings is 1. The van der Waals surface area contributed by atoms with Crippen LogP contribution in [0, 0.1) is 11.8 Å². The zero-order valence-corrected chi connectivity index (χ0v) is 30.1. The van der Waals surface area contributed by atoms with Crippen LogP contribution in [0.5, 0.6) is 0 Å². The summed E-state index contributed by atoms with van der Waals surface area (Å²) >= 11 is 0. The molecule has 0 bridgehead atoms. The average Bonchev–Trinajstić information content (AvgIpc) is 3.04. The summed E-state index contributed by atoms with van der Waals surface area (Å²) in [4.78, 5) is 18.4. The Morgan fingerprint density at radius 2 is 1.50 bits per heavy atom. The first-order valence-corrected chi connectivity index (χ1v) is 20.1. The highest BCUT2D eigenvalue weighted by Gasteiger charge is 2.32. The zero-order chi connectivity index (χ0) is 32.8. The van der Waals surface area contributed by atoms with Crippen LogP contribution in [-0.4, -0.2) is 103 Å². The number of anilines is 3. The minimum absolute atomic E-state index is 0.251. The molecule has 13 heteroatoms. The van der Waals surface area contributed by atoms with Gasteiger partial charge >= 0.3 is 7.60 Å². The van der Waals surface area contributed by atoms with Crippen molar-refractivity contribution in [3.05, 3.63) is 0 Å². The van der Waals surface area contributed by atoms with Crippen LogP contribution >= 0.6 is 7.60 Å². The summed E-state index contributed by atoms with van der Waals surface area (Å²) in [5, 5.41) is 11.0. The van der Waals surface area contributed by atoms with Gasteiger partial charge in [-0.15, -0.1) is 0 Å². The molecule has 2 unspecified atom stereocenters. The molecule has 4 rings (SSSR count). The summed E-state index contributed by atoms with van der Waals surface area (Å²) < 4.78 is 23.8. The molecular formula is C33H64N9O3P. The molecule has 0 radical (unpaired) electrons. The monoisotopic (exact) mass is 665 g/mol. The van der Waals surface area contributed by atoms with Gasteiger partial charge in [0.2, 0.25) is 17.8 Å². The van der Waals surface area contributed by atoms with Gasteiger partial charge in [-0.25, -0.2) is 0 Å². The molecule has 2 heterocycles. The Morgan fingerprint density at radius 3 is 2.15 bits per heavy atom. The molecule has 46 heavy (non-hydrogen) atoms. The number of hydrogen-bond donors (Lipinski definition) is 4. The number of nitrogens with zero attached hydrogens (tertiary/aromatic N) is 5. The molecule has 1 aromatic rings. The highest BCUT2D eigenvalue weighted by atomic mass is 31.2. The SMILES string of the molecule is CCOP(=O)(CCCN1C(C)CN(c2nc(N)nc(NC[C@H]3CC[C@H](CNCCCNC4CCCCC4)CC3)n2)CC1C)OCC. The fourth-order valence-electron chi connectivity index (χ4n) is 7.58. The summed E-state index contributed by atoms with van der Waals surface area (Å²) in [7, 11) is -3.02. The van der Waals surface area contributed by atoms with E-state index >= 15 is 0 Å². The second-order valence-corrected chi connectivity index (χ2v) is 16.0. The molecule has 12 nitrogen and oxygen atoms in total. The van der Waals surface area contributed by atoms with Gasteiger partial charge in [0, 0.05) is 37.8 Å². The van der Waals surface area contributed by atoms with Crippen molar-refractivity contribution in [2.24, 2.45) is 11.8 Å². The van der Waals surface area contributed by atoms with Crippen molar-refractivity contribution in [1.82, 2.24) is 30.5 Å². The molecule has 1 aliphatic heterocycles. The lowest BCUT2D eigenvalue weighted by molar-refractivity contribution is 0.130. The first-order valence-electron chi connectivity index (χ1n) is 18.4. The van der Waals surface area contributed by atoms with E-state index < -0.39 is 7.60 Å². The third-order valence-corrected chi connectivity index (χ3v) is 12.2. The molecule has 1 saturated heterocycles. The Bertz CT molecular complexity index is 1030. The molecule has 2 atom stereocenters. The number of nitrogens with two attached hydrogens (primary N) is 1. The molecule has 3 aliphatic rings. The van der Waals surface area contributed by atoms with Crippen LogP contribution in [0.1, 0.15) is 98.3 Å². The summed E-state index contributed by atoms with van der Waals surface area (Å²) in [6, 6.07) is 1.32. The molecule has 0 aromatic carbocycles. The maximum atomic E-state index is 12.9. The Hall–Kier alpha value is -1.56. The summed E-state index contributed by atoms with van der Waals surface area (Å²) in [6.45, 7) is 15.6. The predicted molar refractivity (Wildman–Crippen MR) is 189 cm³/mol. The summed E-state index contributed by atoms with van der Waals surface area (Å²) in [5.74, 6) is 2.86. The van der Waals surface area contributed by atoms with Crippen LogP contribution in [0.3, 0.4) is 0 Å². The van der Waals surface area contributed by atoms with Gasteiger partial charge in [0.05, 0.1) is 19.4 Å². The maximum absolute atomic E-state index is 12.9. The maximum Gasteiger partial charge on any atom is 0.330 e. The minimum atomic E-state index is -3.02. The van der Waals surface area contributed by atoms with Gasteiger partial charge in [-0.3, -0.25) is 9.46 Å². The van der Waals surface area contributed by atoms with E-state index in [0.29, 0.717) is 37.2 Å². The van der Waals surface area contributed by atoms with Crippen molar-refractivity contribution < 1.29 is 13.6 Å². The van der Waals surface area contributed by atoms with Crippen LogP contribution in [0.2, 0.25) is 0 Å². The van der Waals surface area contributed by atoms with Crippen molar-refractivity contribution >= 4 is 25.4 Å². The smallest absolute Gasteiger partial charge is 0.330 e. The van der Waals surface area contributed by atoms with Crippen LogP contribution in [0.25, 0.3) is 0 Å². The van der Waals surface area contributed by atoms with Gasteiger partial charge in [0.1, 0.15) is 0 Å². The van der Waals surface area contributed by atoms with Gasteiger partial charge in [-0.1, -0.05) is 19.3 Å². The number of rotatable bonds is 19. The molecule has 3 fully saturated rings. The van der Waals surface area contributed by atoms with Crippen molar-refractivity contribution in [2.75, 3.05) is 81.1 Å². The lowest BCUT2D eigenvalue weighted by Crippen LogP contribution is -2.57. The second kappa shape index (κ2) is 19.4. The number of nitrogens with one attached hydrogen (secondary N) is 3. The molecule has 5 N–H and O–H groups in total. The molecule has 2 saturated carbocycles. The minimum Gasteiger partial charge on any atom is -0.368 e. The lowest BCUT2D eigenvalue weighted by atomic mass is 9.82. The summed E-state index contributed by atoms with van der Waals surface area (Å²) in [6.07, 6.45) is 14.4. The third-order valence-electron chi connectivity index (χ3n) is 10.0. The molecule has 0 amide bonds. The number of hydrogen-bond acceptors (Lipinski definition) is 12. The Balaban J connectivity index is 1.14. The van der Waals surface area contributed by atoms with Crippen molar-refractivity contribution in [3.8, 4) is 0 Å². The van der Waals surface area contributed by atoms with E-state index in [0.717, 1.165) is 64.2 Å². The van der Waals surface area contributed by atoms with Crippen molar-refractivity contribution in [1.29, 1.82) is 0 Å². The van der Waals surface area contributed by atoms with Crippen LogP contribution in [0.4, 0.5) is 17.8 Å². The van der Waals surface area contributed by atoms with Gasteiger partial charge in [-0.05, 0) is 117 Å². The number of aromatic nitrogens is 3. The quantitative estimate of drug-likeness (QED) is 0.115. The molecule has 0 spiro atoms. The zero-order valence-electron chi connectivity index (χ0n) is 29.2. The van der Waals surface area contributed by atoms with Crippen molar-refractivity contribution in [2.45, 2.75) is 116 Å². The highest BCUT2D eigenvalue weighted by molar-refractivity contribution is 7.53. The fourth-order valence-corrected chi connectivity index (χ4v) is 9.22. The first kappa shape index (κ1) is 37.3. The van der Waals surface area contributed by atoms with Gasteiger partial charge in [0.25, 0.3) is 0 Å². The van der Waals surface area contributed by atoms with E-state index in [1.54, 1.807) is 0 Å². The van der Waals surface area contributed by atoms with E-state index in [1.807, 2.05) is 13.8 Å². The van der Waals surface area contributed by atoms with Crippen molar-refractivity contribution in [3.63, 3.8) is 0 Å². The molecule has 1 aromatic heterocycles. The molecule has 264 valence electrons. The molecule has 2 aliphatic carbocycles. The third kappa shape index (κ3) is 12.2. The van der Waals surface area contributed by atoms with Crippen LogP contribution in [0.15, 0.2) is 0 Å². The van der Waals surface area contributed by atoms with Crippen LogP contribution < -0.4 is 26.6 Å². The Labute approximate surface area is 278 Å². The summed E-state index contributed by atoms with van der Waals surface area (Å²) in [5.41, 5.74) is 6.16. The van der Waals surface area contributed by atoms with Gasteiger partial charge < -0.3 is 35.6 Å². The standard InChI is InChI=1S/C33H64N9O3P/c1-5-44-46(43,45-6-2)21-11-20-42-26(3)24-41(25-27(42)4)33-39-31(34)38-32(40-33)37-23-29-16-14-28(15-17-29)22-35-18-10-19-36-30-12-8-7-9-13-30/h26-30,35-36H,5-25H2,1-4H3,(H3,34,37,38,39,40)/t26?,27?,28-,29-. The number of nitrogen functional groups attached to an aromatic ring is 1. The lowest BCUT2D eigenvalue weighted by Gasteiger charge is -2.44. The Kier molecular flexibility index (Phi) is 15.7. The van der Waals surface area contributed by atoms with E-state index in [9.17, 15) is 4.57 Å². The molecular weight excluding hydrogens is 601 g/mol. The van der Waals surface area contributed by atoms with E-state index in [1.165, 1.54) is 64.2 Å². The van der Waals surface area contributed by atoms with E-state index in [4.69, 9.17) is 19.8 Å². The normalized spacial score (nSPS) is 25.2. The predicted octanol–water partition coefficient (Wildman–Crippen LogP) is 5.13. The van der Waals surface area contributed by atoms with E-state index in [2.05, 4.69) is 49.6 Å². The average molecular weight is 666 g/mol. The largest absolute Gasteiger partial charge is 0.368 e. The van der Waals surface area contributed by atoms with Crippen LogP contribution in [-0.2, 0) is 13.6 Å². The first-order chi connectivity index (χ1) is 22.3. The second-order valence-electron chi connectivity index (χ2n) is 13.8. The Morgan fingerprint density at radius 1 is 0.848 bits per heavy atom. The topological polar surface area (TPSA) is 143 Å².